The first kappa shape index (κ1) is 12.2. The first-order valence-corrected chi connectivity index (χ1v) is 5.74. The minimum Gasteiger partial charge on any atom is -0.343 e. The van der Waals surface area contributed by atoms with Crippen molar-refractivity contribution in [2.45, 2.75) is 37.1 Å². The van der Waals surface area contributed by atoms with Crippen LogP contribution in [0.4, 0.5) is 0 Å². The lowest BCUT2D eigenvalue weighted by Crippen LogP contribution is -2.53. The fourth-order valence-corrected chi connectivity index (χ4v) is 1.41. The predicted octanol–water partition coefficient (Wildman–Crippen LogP) is 0.0813. The number of halogens is 1. The summed E-state index contributed by atoms with van der Waals surface area (Å²) in [5, 5.41) is 4.77. The summed E-state index contributed by atoms with van der Waals surface area (Å²) in [5.74, 6) is -0.918. The lowest BCUT2D eigenvalue weighted by Gasteiger charge is -2.22. The molecule has 0 bridgehead atoms. The summed E-state index contributed by atoms with van der Waals surface area (Å²) < 4.78 is 0. The Balaban J connectivity index is 2.48. The predicted molar refractivity (Wildman–Crippen MR) is 57.3 cm³/mol. The average molecular weight is 277 g/mol. The second kappa shape index (κ2) is 5.25. The van der Waals surface area contributed by atoms with Gasteiger partial charge in [-0.25, -0.2) is 0 Å². The van der Waals surface area contributed by atoms with E-state index in [0.717, 1.165) is 0 Å². The third-order valence-corrected chi connectivity index (χ3v) is 3.26. The minimum atomic E-state index is -0.582. The summed E-state index contributed by atoms with van der Waals surface area (Å²) >= 11 is 3.19. The quantitative estimate of drug-likeness (QED) is 0.566. The summed E-state index contributed by atoms with van der Waals surface area (Å²) in [6.45, 7) is 1.86. The molecule has 2 atom stereocenters. The van der Waals surface area contributed by atoms with Crippen LogP contribution < -0.4 is 10.6 Å². The number of hydrogen-bond donors (Lipinski definition) is 2. The summed E-state index contributed by atoms with van der Waals surface area (Å²) in [4.78, 5) is 33.3. The molecule has 1 heterocycles. The molecule has 0 aromatic rings. The van der Waals surface area contributed by atoms with E-state index in [9.17, 15) is 14.4 Å². The van der Waals surface area contributed by atoms with Crippen LogP contribution in [-0.4, -0.2) is 28.6 Å². The maximum Gasteiger partial charge on any atom is 0.249 e. The zero-order chi connectivity index (χ0) is 11.4. The standard InChI is InChI=1S/C9H13BrN2O3/c1-2-5(10)8(14)11-6-3-4-7(13)12-9(6)15/h5-6H,2-4H2,1H3,(H,11,14)(H,12,13,15). The first-order chi connectivity index (χ1) is 7.04. The molecular weight excluding hydrogens is 264 g/mol. The highest BCUT2D eigenvalue weighted by molar-refractivity contribution is 9.10. The van der Waals surface area contributed by atoms with Crippen LogP contribution in [0.25, 0.3) is 0 Å². The Labute approximate surface area is 96.1 Å². The van der Waals surface area contributed by atoms with Gasteiger partial charge in [-0.15, -0.1) is 0 Å². The lowest BCUT2D eigenvalue weighted by molar-refractivity contribution is -0.137. The molecule has 2 N–H and O–H groups in total. The maximum absolute atomic E-state index is 11.4. The van der Waals surface area contributed by atoms with Gasteiger partial charge in [0.05, 0.1) is 4.83 Å². The van der Waals surface area contributed by atoms with Crippen molar-refractivity contribution >= 4 is 33.7 Å². The fraction of sp³-hybridized carbons (Fsp3) is 0.667. The molecule has 0 aromatic heterocycles. The number of amides is 3. The van der Waals surface area contributed by atoms with Gasteiger partial charge in [0.15, 0.2) is 0 Å². The minimum absolute atomic E-state index is 0.216. The van der Waals surface area contributed by atoms with Crippen molar-refractivity contribution in [1.82, 2.24) is 10.6 Å². The molecule has 0 aromatic carbocycles. The molecule has 1 rings (SSSR count). The smallest absolute Gasteiger partial charge is 0.249 e. The van der Waals surface area contributed by atoms with Crippen molar-refractivity contribution in [2.75, 3.05) is 0 Å². The number of carbonyl (C=O) groups is 3. The van der Waals surface area contributed by atoms with Gasteiger partial charge in [-0.2, -0.15) is 0 Å². The third-order valence-electron chi connectivity index (χ3n) is 2.20. The largest absolute Gasteiger partial charge is 0.343 e. The molecule has 6 heteroatoms. The first-order valence-electron chi connectivity index (χ1n) is 4.82. The van der Waals surface area contributed by atoms with E-state index in [4.69, 9.17) is 0 Å². The van der Waals surface area contributed by atoms with Gasteiger partial charge in [-0.3, -0.25) is 19.7 Å². The Bertz CT molecular complexity index is 293. The van der Waals surface area contributed by atoms with Crippen LogP contribution in [0.1, 0.15) is 26.2 Å². The summed E-state index contributed by atoms with van der Waals surface area (Å²) in [7, 11) is 0. The van der Waals surface area contributed by atoms with Crippen LogP contribution in [0, 0.1) is 0 Å². The van der Waals surface area contributed by atoms with E-state index < -0.39 is 11.9 Å². The second-order valence-electron chi connectivity index (χ2n) is 3.39. The zero-order valence-corrected chi connectivity index (χ0v) is 9.96. The molecule has 0 spiro atoms. The van der Waals surface area contributed by atoms with Gasteiger partial charge < -0.3 is 5.32 Å². The topological polar surface area (TPSA) is 75.3 Å². The van der Waals surface area contributed by atoms with E-state index >= 15 is 0 Å². The number of nitrogens with one attached hydrogen (secondary N) is 2. The molecule has 3 amide bonds. The third kappa shape index (κ3) is 3.30. The molecule has 1 aliphatic heterocycles. The van der Waals surface area contributed by atoms with Gasteiger partial charge in [0, 0.05) is 6.42 Å². The Morgan fingerprint density at radius 2 is 2.33 bits per heavy atom. The molecule has 2 unspecified atom stereocenters. The molecule has 1 aliphatic rings. The molecule has 0 saturated carbocycles. The number of imide groups is 1. The van der Waals surface area contributed by atoms with Gasteiger partial charge in [-0.1, -0.05) is 22.9 Å². The Morgan fingerprint density at radius 3 is 2.87 bits per heavy atom. The van der Waals surface area contributed by atoms with Crippen LogP contribution in [0.5, 0.6) is 0 Å². The molecule has 1 fully saturated rings. The van der Waals surface area contributed by atoms with Crippen molar-refractivity contribution in [3.63, 3.8) is 0 Å². The van der Waals surface area contributed by atoms with Gasteiger partial charge in [0.2, 0.25) is 17.7 Å². The number of alkyl halides is 1. The van der Waals surface area contributed by atoms with E-state index in [1.807, 2.05) is 6.92 Å². The van der Waals surface area contributed by atoms with Gasteiger partial charge >= 0.3 is 0 Å². The van der Waals surface area contributed by atoms with E-state index in [1.165, 1.54) is 0 Å². The summed E-state index contributed by atoms with van der Waals surface area (Å²) in [6.07, 6.45) is 1.30. The van der Waals surface area contributed by atoms with E-state index in [0.29, 0.717) is 12.8 Å². The molecule has 5 nitrogen and oxygen atoms in total. The van der Waals surface area contributed by atoms with Gasteiger partial charge in [0.25, 0.3) is 0 Å². The van der Waals surface area contributed by atoms with Crippen molar-refractivity contribution in [3.05, 3.63) is 0 Å². The second-order valence-corrected chi connectivity index (χ2v) is 4.49. The van der Waals surface area contributed by atoms with Gasteiger partial charge in [0.1, 0.15) is 6.04 Å². The number of piperidine rings is 1. The average Bonchev–Trinajstić information content (AvgIpc) is 2.20. The monoisotopic (exact) mass is 276 g/mol. The van der Waals surface area contributed by atoms with E-state index in [1.54, 1.807) is 0 Å². The maximum atomic E-state index is 11.4. The van der Waals surface area contributed by atoms with Crippen LogP contribution >= 0.6 is 15.9 Å². The highest BCUT2D eigenvalue weighted by Crippen LogP contribution is 2.08. The molecule has 84 valence electrons. The van der Waals surface area contributed by atoms with Crippen molar-refractivity contribution in [2.24, 2.45) is 0 Å². The number of hydrogen-bond acceptors (Lipinski definition) is 3. The Hall–Kier alpha value is -0.910. The Morgan fingerprint density at radius 1 is 1.67 bits per heavy atom. The molecule has 0 radical (unpaired) electrons. The molecule has 15 heavy (non-hydrogen) atoms. The lowest BCUT2D eigenvalue weighted by atomic mass is 10.1. The normalized spacial score (nSPS) is 23.2. The van der Waals surface area contributed by atoms with Crippen molar-refractivity contribution in [1.29, 1.82) is 0 Å². The van der Waals surface area contributed by atoms with Crippen molar-refractivity contribution in [3.8, 4) is 0 Å². The van der Waals surface area contributed by atoms with Crippen LogP contribution in [0.2, 0.25) is 0 Å². The zero-order valence-electron chi connectivity index (χ0n) is 8.38. The highest BCUT2D eigenvalue weighted by atomic mass is 79.9. The molecular formula is C9H13BrN2O3. The number of carbonyl (C=O) groups excluding carboxylic acids is 3. The van der Waals surface area contributed by atoms with Crippen LogP contribution in [-0.2, 0) is 14.4 Å². The van der Waals surface area contributed by atoms with Crippen molar-refractivity contribution < 1.29 is 14.4 Å². The Kier molecular flexibility index (Phi) is 4.26. The van der Waals surface area contributed by atoms with Crippen LogP contribution in [0.3, 0.4) is 0 Å². The number of rotatable bonds is 3. The SMILES string of the molecule is CCC(Br)C(=O)NC1CCC(=O)NC1=O. The summed E-state index contributed by atoms with van der Waals surface area (Å²) in [5.41, 5.74) is 0. The highest BCUT2D eigenvalue weighted by Gasteiger charge is 2.28. The molecule has 1 saturated heterocycles. The van der Waals surface area contributed by atoms with Crippen LogP contribution in [0.15, 0.2) is 0 Å². The van der Waals surface area contributed by atoms with E-state index in [2.05, 4.69) is 26.6 Å². The fourth-order valence-electron chi connectivity index (χ4n) is 1.28. The molecule has 0 aliphatic carbocycles. The van der Waals surface area contributed by atoms with Gasteiger partial charge in [-0.05, 0) is 12.8 Å². The summed E-state index contributed by atoms with van der Waals surface area (Å²) in [6, 6.07) is -0.582. The van der Waals surface area contributed by atoms with E-state index in [-0.39, 0.29) is 23.1 Å².